The van der Waals surface area contributed by atoms with Crippen LogP contribution in [0.4, 0.5) is 4.20 Å². The summed E-state index contributed by atoms with van der Waals surface area (Å²) in [5, 5.41) is 0. The lowest BCUT2D eigenvalue weighted by Gasteiger charge is -2.19. The molecule has 0 saturated carbocycles. The van der Waals surface area contributed by atoms with Crippen LogP contribution in [0.25, 0.3) is 0 Å². The molecule has 0 aromatic rings. The zero-order chi connectivity index (χ0) is 10.7. The van der Waals surface area contributed by atoms with E-state index in [4.69, 9.17) is 4.52 Å². The van der Waals surface area contributed by atoms with Crippen LogP contribution in [0.3, 0.4) is 0 Å². The predicted molar refractivity (Wildman–Crippen MR) is 53.9 cm³/mol. The fourth-order valence-electron chi connectivity index (χ4n) is 0.625. The SMILES string of the molecule is CC(C)P(=O)(F)OCCC(C)(C)C. The Hall–Kier alpha value is 0.120. The molecule has 4 heteroatoms. The van der Waals surface area contributed by atoms with E-state index in [1.807, 2.05) is 20.8 Å². The van der Waals surface area contributed by atoms with E-state index in [0.29, 0.717) is 6.42 Å². The van der Waals surface area contributed by atoms with Crippen LogP contribution in [0.2, 0.25) is 0 Å². The van der Waals surface area contributed by atoms with Crippen LogP contribution >= 0.6 is 7.68 Å². The molecule has 0 aliphatic carbocycles. The third kappa shape index (κ3) is 6.23. The van der Waals surface area contributed by atoms with Gasteiger partial charge in [-0.25, -0.2) is 0 Å². The maximum Gasteiger partial charge on any atom is 0.369 e. The first-order valence-electron chi connectivity index (χ1n) is 4.59. The van der Waals surface area contributed by atoms with Gasteiger partial charge in [-0.15, -0.1) is 0 Å². The molecule has 0 spiro atoms. The quantitative estimate of drug-likeness (QED) is 0.655. The number of hydrogen-bond acceptors (Lipinski definition) is 2. The molecule has 0 heterocycles. The van der Waals surface area contributed by atoms with Crippen LogP contribution in [0.1, 0.15) is 41.0 Å². The maximum atomic E-state index is 13.1. The summed E-state index contributed by atoms with van der Waals surface area (Å²) in [6.45, 7) is 9.48. The van der Waals surface area contributed by atoms with Crippen molar-refractivity contribution in [2.45, 2.75) is 46.7 Å². The standard InChI is InChI=1S/C9H20FO2P/c1-8(2)13(10,11)12-7-6-9(3,4)5/h8H,6-7H2,1-5H3. The molecule has 0 radical (unpaired) electrons. The van der Waals surface area contributed by atoms with Crippen molar-refractivity contribution >= 4 is 7.68 Å². The Kier molecular flexibility index (Phi) is 4.61. The zero-order valence-electron chi connectivity index (χ0n) is 9.13. The van der Waals surface area contributed by atoms with Crippen molar-refractivity contribution in [3.8, 4) is 0 Å². The van der Waals surface area contributed by atoms with Gasteiger partial charge in [-0.05, 0) is 11.8 Å². The molecule has 0 bridgehead atoms. The van der Waals surface area contributed by atoms with Crippen LogP contribution in [0, 0.1) is 5.41 Å². The van der Waals surface area contributed by atoms with Gasteiger partial charge in [0.1, 0.15) is 0 Å². The molecule has 80 valence electrons. The average molecular weight is 210 g/mol. The zero-order valence-corrected chi connectivity index (χ0v) is 10.0. The second-order valence-electron chi connectivity index (χ2n) is 4.76. The van der Waals surface area contributed by atoms with Gasteiger partial charge in [-0.2, -0.15) is 4.20 Å². The molecule has 2 nitrogen and oxygen atoms in total. The summed E-state index contributed by atoms with van der Waals surface area (Å²) < 4.78 is 29.0. The lowest BCUT2D eigenvalue weighted by Crippen LogP contribution is -2.09. The minimum Gasteiger partial charge on any atom is -0.305 e. The van der Waals surface area contributed by atoms with E-state index in [9.17, 15) is 8.76 Å². The highest BCUT2D eigenvalue weighted by Crippen LogP contribution is 2.53. The molecule has 0 fully saturated rings. The van der Waals surface area contributed by atoms with Gasteiger partial charge in [0.05, 0.1) is 12.3 Å². The summed E-state index contributed by atoms with van der Waals surface area (Å²) in [4.78, 5) is 0. The summed E-state index contributed by atoms with van der Waals surface area (Å²) in [7, 11) is -3.85. The monoisotopic (exact) mass is 210 g/mol. The highest BCUT2D eigenvalue weighted by atomic mass is 31.2. The first-order chi connectivity index (χ1) is 5.65. The van der Waals surface area contributed by atoms with Crippen molar-refractivity contribution < 1.29 is 13.3 Å². The summed E-state index contributed by atoms with van der Waals surface area (Å²) in [5.74, 6) is 0. The fourth-order valence-corrected chi connectivity index (χ4v) is 1.26. The van der Waals surface area contributed by atoms with Crippen LogP contribution in [0.5, 0.6) is 0 Å². The Balaban J connectivity index is 3.84. The van der Waals surface area contributed by atoms with Gasteiger partial charge in [0.2, 0.25) is 0 Å². The van der Waals surface area contributed by atoms with Gasteiger partial charge >= 0.3 is 7.68 Å². The Morgan fingerprint density at radius 1 is 1.38 bits per heavy atom. The molecule has 0 aromatic heterocycles. The van der Waals surface area contributed by atoms with Crippen molar-refractivity contribution in [3.05, 3.63) is 0 Å². The average Bonchev–Trinajstić information content (AvgIpc) is 1.82. The lowest BCUT2D eigenvalue weighted by molar-refractivity contribution is 0.227. The number of halogens is 1. The van der Waals surface area contributed by atoms with Crippen molar-refractivity contribution in [1.29, 1.82) is 0 Å². The predicted octanol–water partition coefficient (Wildman–Crippen LogP) is 4.01. The van der Waals surface area contributed by atoms with Crippen LogP contribution < -0.4 is 0 Å². The van der Waals surface area contributed by atoms with E-state index in [0.717, 1.165) is 0 Å². The Bertz CT molecular complexity index is 196. The molecule has 0 aliphatic rings. The molecule has 0 amide bonds. The normalized spacial score (nSPS) is 17.5. The molecule has 0 aliphatic heterocycles. The van der Waals surface area contributed by atoms with Gasteiger partial charge in [0.25, 0.3) is 0 Å². The third-order valence-electron chi connectivity index (χ3n) is 1.74. The Morgan fingerprint density at radius 2 is 1.85 bits per heavy atom. The number of hydrogen-bond donors (Lipinski definition) is 0. The van der Waals surface area contributed by atoms with Crippen molar-refractivity contribution in [2.24, 2.45) is 5.41 Å². The summed E-state index contributed by atoms with van der Waals surface area (Å²) >= 11 is 0. The van der Waals surface area contributed by atoms with Gasteiger partial charge < -0.3 is 4.52 Å². The third-order valence-corrected chi connectivity index (χ3v) is 3.50. The van der Waals surface area contributed by atoms with Crippen LogP contribution in [-0.2, 0) is 9.09 Å². The van der Waals surface area contributed by atoms with E-state index in [-0.39, 0.29) is 12.0 Å². The second kappa shape index (κ2) is 4.56. The van der Waals surface area contributed by atoms with Gasteiger partial charge in [0, 0.05) is 0 Å². The minimum absolute atomic E-state index is 0.0942. The largest absolute Gasteiger partial charge is 0.369 e. The van der Waals surface area contributed by atoms with Gasteiger partial charge in [-0.1, -0.05) is 34.6 Å². The maximum absolute atomic E-state index is 13.1. The van der Waals surface area contributed by atoms with Crippen molar-refractivity contribution in [2.75, 3.05) is 6.61 Å². The lowest BCUT2D eigenvalue weighted by atomic mass is 9.93. The summed E-state index contributed by atoms with van der Waals surface area (Å²) in [6.07, 6.45) is 0.716. The highest BCUT2D eigenvalue weighted by molar-refractivity contribution is 7.54. The Labute approximate surface area is 80.4 Å². The number of rotatable bonds is 4. The topological polar surface area (TPSA) is 26.3 Å². The first kappa shape index (κ1) is 13.1. The van der Waals surface area contributed by atoms with Gasteiger partial charge in [0.15, 0.2) is 0 Å². The summed E-state index contributed by atoms with van der Waals surface area (Å²) in [6, 6.07) is 0. The fraction of sp³-hybridized carbons (Fsp3) is 1.00. The highest BCUT2D eigenvalue weighted by Gasteiger charge is 2.27. The minimum atomic E-state index is -3.85. The van der Waals surface area contributed by atoms with E-state index < -0.39 is 13.3 Å². The van der Waals surface area contributed by atoms with Crippen molar-refractivity contribution in [3.63, 3.8) is 0 Å². The molecular weight excluding hydrogens is 190 g/mol. The van der Waals surface area contributed by atoms with E-state index >= 15 is 0 Å². The summed E-state index contributed by atoms with van der Waals surface area (Å²) in [5.41, 5.74) is -0.441. The Morgan fingerprint density at radius 3 is 2.15 bits per heavy atom. The van der Waals surface area contributed by atoms with E-state index in [1.165, 1.54) is 0 Å². The molecule has 0 aromatic carbocycles. The molecule has 0 N–H and O–H groups in total. The molecule has 13 heavy (non-hydrogen) atoms. The molecular formula is C9H20FO2P. The smallest absolute Gasteiger partial charge is 0.305 e. The molecule has 1 atom stereocenters. The molecule has 0 saturated heterocycles. The van der Waals surface area contributed by atoms with E-state index in [1.54, 1.807) is 13.8 Å². The van der Waals surface area contributed by atoms with Gasteiger partial charge in [-0.3, -0.25) is 4.57 Å². The molecule has 0 rings (SSSR count). The van der Waals surface area contributed by atoms with Crippen LogP contribution in [0.15, 0.2) is 0 Å². The van der Waals surface area contributed by atoms with Crippen molar-refractivity contribution in [1.82, 2.24) is 0 Å². The van der Waals surface area contributed by atoms with Crippen LogP contribution in [-0.4, -0.2) is 12.3 Å². The first-order valence-corrected chi connectivity index (χ1v) is 6.17. The second-order valence-corrected chi connectivity index (χ2v) is 7.09. The van der Waals surface area contributed by atoms with E-state index in [2.05, 4.69) is 0 Å². The molecule has 1 unspecified atom stereocenters.